The minimum Gasteiger partial charge on any atom is -0.378 e. The third kappa shape index (κ3) is 5.19. The number of nitrogens with one attached hydrogen (secondary N) is 1. The average Bonchev–Trinajstić information content (AvgIpc) is 2.97. The van der Waals surface area contributed by atoms with E-state index in [1.807, 2.05) is 6.92 Å². The van der Waals surface area contributed by atoms with Crippen molar-refractivity contribution in [3.05, 3.63) is 27.9 Å². The number of hydrogen-bond donors (Lipinski definition) is 1. The number of hydrogen-bond acceptors (Lipinski definition) is 5. The van der Waals surface area contributed by atoms with Crippen LogP contribution in [0.25, 0.3) is 10.2 Å². The molecule has 1 aliphatic rings. The molecule has 0 bridgehead atoms. The van der Waals surface area contributed by atoms with Gasteiger partial charge in [-0.2, -0.15) is 0 Å². The van der Waals surface area contributed by atoms with Crippen LogP contribution in [-0.4, -0.2) is 32.2 Å². The van der Waals surface area contributed by atoms with Crippen LogP contribution in [0.3, 0.4) is 0 Å². The van der Waals surface area contributed by atoms with Crippen LogP contribution in [0, 0.1) is 0 Å². The van der Waals surface area contributed by atoms with E-state index in [0.717, 1.165) is 36.1 Å². The third-order valence-corrected chi connectivity index (χ3v) is 7.32. The third-order valence-electron chi connectivity index (χ3n) is 4.92. The van der Waals surface area contributed by atoms with Crippen molar-refractivity contribution in [2.24, 2.45) is 0 Å². The topological polar surface area (TPSA) is 77.4 Å². The van der Waals surface area contributed by atoms with Crippen molar-refractivity contribution >= 4 is 31.6 Å². The van der Waals surface area contributed by atoms with Gasteiger partial charge in [-0.25, -0.2) is 13.1 Å². The maximum Gasteiger partial charge on any atom is 0.308 e. The molecule has 1 aromatic carbocycles. The summed E-state index contributed by atoms with van der Waals surface area (Å²) in [4.78, 5) is 12.2. The molecule has 6 nitrogen and oxygen atoms in total. The Morgan fingerprint density at radius 2 is 2.04 bits per heavy atom. The normalized spacial score (nSPS) is 16.2. The van der Waals surface area contributed by atoms with Crippen LogP contribution in [0.1, 0.15) is 51.9 Å². The van der Waals surface area contributed by atoms with Gasteiger partial charge in [0.25, 0.3) is 0 Å². The Morgan fingerprint density at radius 3 is 2.78 bits per heavy atom. The van der Waals surface area contributed by atoms with Gasteiger partial charge < -0.3 is 4.74 Å². The molecule has 0 saturated heterocycles. The molecule has 1 saturated carbocycles. The molecule has 0 aliphatic heterocycles. The van der Waals surface area contributed by atoms with Gasteiger partial charge in [-0.3, -0.25) is 9.36 Å². The van der Waals surface area contributed by atoms with Gasteiger partial charge in [-0.1, -0.05) is 37.5 Å². The van der Waals surface area contributed by atoms with E-state index in [-0.39, 0.29) is 9.77 Å². The van der Waals surface area contributed by atoms with Gasteiger partial charge in [0.2, 0.25) is 10.0 Å². The van der Waals surface area contributed by atoms with E-state index in [2.05, 4.69) is 4.72 Å². The molecule has 1 fully saturated rings. The Balaban J connectivity index is 1.56. The Bertz CT molecular complexity index is 911. The minimum absolute atomic E-state index is 0.0470. The van der Waals surface area contributed by atoms with Crippen LogP contribution >= 0.6 is 11.3 Å². The number of fused-ring (bicyclic) bond motifs is 1. The number of aryl methyl sites for hydroxylation is 1. The monoisotopic (exact) mass is 412 g/mol. The summed E-state index contributed by atoms with van der Waals surface area (Å²) >= 11 is 1.09. The molecule has 0 unspecified atom stereocenters. The maximum absolute atomic E-state index is 12.5. The van der Waals surface area contributed by atoms with E-state index >= 15 is 0 Å². The Hall–Kier alpha value is -1.22. The first kappa shape index (κ1) is 20.5. The maximum atomic E-state index is 12.5. The highest BCUT2D eigenvalue weighted by atomic mass is 32.2. The van der Waals surface area contributed by atoms with Crippen molar-refractivity contribution < 1.29 is 13.2 Å². The first-order valence-electron chi connectivity index (χ1n) is 9.76. The number of thiazole rings is 1. The standard InChI is InChI=1S/C19H28N2O4S2/c1-2-12-21-17-10-9-16(14-18(17)26-19(21)22)27(23,24)20-11-6-13-25-15-7-4-3-5-8-15/h9-10,14-15,20H,2-8,11-13H2,1H3. The van der Waals surface area contributed by atoms with Crippen molar-refractivity contribution in [1.82, 2.24) is 9.29 Å². The molecule has 150 valence electrons. The molecule has 27 heavy (non-hydrogen) atoms. The average molecular weight is 413 g/mol. The highest BCUT2D eigenvalue weighted by Gasteiger charge is 2.17. The van der Waals surface area contributed by atoms with Gasteiger partial charge in [-0.05, 0) is 43.9 Å². The zero-order valence-electron chi connectivity index (χ0n) is 15.8. The predicted molar refractivity (Wildman–Crippen MR) is 109 cm³/mol. The predicted octanol–water partition coefficient (Wildman–Crippen LogP) is 3.49. The molecule has 0 atom stereocenters. The minimum atomic E-state index is -3.58. The van der Waals surface area contributed by atoms with Crippen molar-refractivity contribution in [3.63, 3.8) is 0 Å². The number of benzene rings is 1. The first-order valence-corrected chi connectivity index (χ1v) is 12.1. The van der Waals surface area contributed by atoms with Crippen molar-refractivity contribution in [2.75, 3.05) is 13.2 Å². The van der Waals surface area contributed by atoms with Crippen molar-refractivity contribution in [1.29, 1.82) is 0 Å². The lowest BCUT2D eigenvalue weighted by Gasteiger charge is -2.21. The second-order valence-corrected chi connectivity index (χ2v) is 9.79. The Labute approximate surface area is 164 Å². The SMILES string of the molecule is CCCn1c(=O)sc2cc(S(=O)(=O)NCCCOC3CCCCC3)ccc21. The summed E-state index contributed by atoms with van der Waals surface area (Å²) in [6, 6.07) is 4.89. The molecular weight excluding hydrogens is 384 g/mol. The fraction of sp³-hybridized carbons (Fsp3) is 0.632. The molecule has 1 aromatic heterocycles. The van der Waals surface area contributed by atoms with E-state index in [1.54, 1.807) is 22.8 Å². The molecule has 2 aromatic rings. The molecule has 1 heterocycles. The Morgan fingerprint density at radius 1 is 1.26 bits per heavy atom. The summed E-state index contributed by atoms with van der Waals surface area (Å²) in [6.07, 6.45) is 7.83. The second-order valence-electron chi connectivity index (χ2n) is 7.03. The molecule has 3 rings (SSSR count). The van der Waals surface area contributed by atoms with Gasteiger partial charge in [-0.15, -0.1) is 0 Å². The summed E-state index contributed by atoms with van der Waals surface area (Å²) < 4.78 is 35.9. The van der Waals surface area contributed by atoms with E-state index in [4.69, 9.17) is 4.74 Å². The van der Waals surface area contributed by atoms with Crippen molar-refractivity contribution in [3.8, 4) is 0 Å². The zero-order valence-corrected chi connectivity index (χ0v) is 17.4. The van der Waals surface area contributed by atoms with E-state index in [1.165, 1.54) is 19.3 Å². The molecule has 1 aliphatic carbocycles. The molecular formula is C19H28N2O4S2. The molecule has 0 spiro atoms. The number of ether oxygens (including phenoxy) is 1. The largest absolute Gasteiger partial charge is 0.378 e. The van der Waals surface area contributed by atoms with Gasteiger partial charge in [0.15, 0.2) is 0 Å². The van der Waals surface area contributed by atoms with Crippen LogP contribution in [0.5, 0.6) is 0 Å². The molecule has 0 amide bonds. The van der Waals surface area contributed by atoms with E-state index in [9.17, 15) is 13.2 Å². The quantitative estimate of drug-likeness (QED) is 0.640. The number of sulfonamides is 1. The van der Waals surface area contributed by atoms with Crippen LogP contribution < -0.4 is 9.60 Å². The lowest BCUT2D eigenvalue weighted by molar-refractivity contribution is 0.0278. The van der Waals surface area contributed by atoms with Gasteiger partial charge >= 0.3 is 4.87 Å². The lowest BCUT2D eigenvalue weighted by atomic mass is 9.98. The molecule has 1 N–H and O–H groups in total. The van der Waals surface area contributed by atoms with Crippen LogP contribution in [0.15, 0.2) is 27.9 Å². The summed E-state index contributed by atoms with van der Waals surface area (Å²) in [5, 5.41) is 0. The van der Waals surface area contributed by atoms with Crippen LogP contribution in [0.2, 0.25) is 0 Å². The molecule has 0 radical (unpaired) electrons. The zero-order chi connectivity index (χ0) is 19.3. The summed E-state index contributed by atoms with van der Waals surface area (Å²) in [6.45, 7) is 3.58. The van der Waals surface area contributed by atoms with Gasteiger partial charge in [0, 0.05) is 19.7 Å². The smallest absolute Gasteiger partial charge is 0.308 e. The van der Waals surface area contributed by atoms with Gasteiger partial charge in [0.05, 0.1) is 21.2 Å². The fourth-order valence-corrected chi connectivity index (χ4v) is 5.62. The lowest BCUT2D eigenvalue weighted by Crippen LogP contribution is -2.26. The fourth-order valence-electron chi connectivity index (χ4n) is 3.49. The van der Waals surface area contributed by atoms with E-state index in [0.29, 0.717) is 36.9 Å². The highest BCUT2D eigenvalue weighted by molar-refractivity contribution is 7.89. The first-order chi connectivity index (χ1) is 13.0. The van der Waals surface area contributed by atoms with Crippen LogP contribution in [-0.2, 0) is 21.3 Å². The van der Waals surface area contributed by atoms with Crippen LogP contribution in [0.4, 0.5) is 0 Å². The second kappa shape index (κ2) is 9.32. The number of nitrogens with zero attached hydrogens (tertiary/aromatic N) is 1. The molecule has 8 heteroatoms. The van der Waals surface area contributed by atoms with Gasteiger partial charge in [0.1, 0.15) is 0 Å². The highest BCUT2D eigenvalue weighted by Crippen LogP contribution is 2.22. The summed E-state index contributed by atoms with van der Waals surface area (Å²) in [5.74, 6) is 0. The Kier molecular flexibility index (Phi) is 7.08. The van der Waals surface area contributed by atoms with E-state index < -0.39 is 10.0 Å². The number of rotatable bonds is 9. The summed E-state index contributed by atoms with van der Waals surface area (Å²) in [5.41, 5.74) is 0.798. The van der Waals surface area contributed by atoms with Crippen molar-refractivity contribution in [2.45, 2.75) is 69.4 Å². The number of aromatic nitrogens is 1. The summed E-state index contributed by atoms with van der Waals surface area (Å²) in [7, 11) is -3.58.